The predicted molar refractivity (Wildman–Crippen MR) is 118 cm³/mol. The van der Waals surface area contributed by atoms with Gasteiger partial charge in [-0.1, -0.05) is 45.9 Å². The maximum absolute atomic E-state index is 4.67. The second kappa shape index (κ2) is 7.64. The van der Waals surface area contributed by atoms with Gasteiger partial charge in [0.25, 0.3) is 0 Å². The lowest BCUT2D eigenvalue weighted by Gasteiger charge is -2.56. The molecular formula is C23H28BrN3S. The van der Waals surface area contributed by atoms with Gasteiger partial charge in [-0.3, -0.25) is 0 Å². The largest absolute Gasteiger partial charge is 0.302 e. The maximum Gasteiger partial charge on any atom is 0.191 e. The Morgan fingerprint density at radius 2 is 1.71 bits per heavy atom. The van der Waals surface area contributed by atoms with Crippen LogP contribution in [0.5, 0.6) is 0 Å². The molecule has 4 aliphatic carbocycles. The third-order valence-electron chi connectivity index (χ3n) is 7.08. The van der Waals surface area contributed by atoms with E-state index in [0.717, 1.165) is 46.1 Å². The summed E-state index contributed by atoms with van der Waals surface area (Å²) < 4.78 is 3.43. The monoisotopic (exact) mass is 457 g/mol. The third kappa shape index (κ3) is 3.72. The van der Waals surface area contributed by atoms with Crippen LogP contribution in [0.15, 0.2) is 46.5 Å². The molecule has 5 heteroatoms. The summed E-state index contributed by atoms with van der Waals surface area (Å²) in [4.78, 5) is 0. The van der Waals surface area contributed by atoms with Gasteiger partial charge in [0.1, 0.15) is 5.82 Å². The Hall–Kier alpha value is -1.07. The summed E-state index contributed by atoms with van der Waals surface area (Å²) >= 11 is 5.29. The fourth-order valence-electron chi connectivity index (χ4n) is 6.44. The van der Waals surface area contributed by atoms with Crippen molar-refractivity contribution in [3.8, 4) is 0 Å². The highest BCUT2D eigenvalue weighted by Gasteiger charge is 2.51. The van der Waals surface area contributed by atoms with Gasteiger partial charge in [0.05, 0.1) is 0 Å². The smallest absolute Gasteiger partial charge is 0.191 e. The Morgan fingerprint density at radius 1 is 1.07 bits per heavy atom. The molecule has 0 radical (unpaired) electrons. The van der Waals surface area contributed by atoms with Gasteiger partial charge < -0.3 is 4.57 Å². The number of rotatable bonds is 7. The molecule has 1 aromatic heterocycles. The van der Waals surface area contributed by atoms with E-state index in [1.807, 2.05) is 6.08 Å². The molecule has 28 heavy (non-hydrogen) atoms. The second-order valence-electron chi connectivity index (χ2n) is 9.31. The molecule has 148 valence electrons. The molecule has 0 saturated heterocycles. The quantitative estimate of drug-likeness (QED) is 0.362. The van der Waals surface area contributed by atoms with Crippen LogP contribution in [0.4, 0.5) is 0 Å². The molecule has 1 aromatic carbocycles. The van der Waals surface area contributed by atoms with Gasteiger partial charge in [-0.25, -0.2) is 0 Å². The zero-order chi connectivity index (χ0) is 19.1. The standard InChI is InChI=1S/C23H28BrN3S/c1-2-7-27-21(14-23-11-17-8-18(12-23)10-19(9-17)13-23)25-26-22(27)28-15-16-3-5-20(24)6-4-16/h2-6,17-19H,1,7-15H2. The molecule has 0 atom stereocenters. The van der Waals surface area contributed by atoms with Gasteiger partial charge in [0.15, 0.2) is 5.16 Å². The first-order valence-electron chi connectivity index (χ1n) is 10.5. The predicted octanol–water partition coefficient (Wildman–Crippen LogP) is 6.28. The maximum atomic E-state index is 4.67. The van der Waals surface area contributed by atoms with E-state index in [2.05, 4.69) is 61.5 Å². The van der Waals surface area contributed by atoms with Crippen molar-refractivity contribution in [1.82, 2.24) is 14.8 Å². The van der Waals surface area contributed by atoms with Crippen molar-refractivity contribution in [2.24, 2.45) is 23.2 Å². The van der Waals surface area contributed by atoms with Crippen LogP contribution in [-0.4, -0.2) is 14.8 Å². The van der Waals surface area contributed by atoms with E-state index in [4.69, 9.17) is 0 Å². The van der Waals surface area contributed by atoms with Crippen LogP contribution in [-0.2, 0) is 18.7 Å². The molecule has 4 saturated carbocycles. The molecule has 6 rings (SSSR count). The lowest BCUT2D eigenvalue weighted by atomic mass is 9.49. The molecule has 4 fully saturated rings. The summed E-state index contributed by atoms with van der Waals surface area (Å²) in [5, 5.41) is 10.3. The molecule has 0 amide bonds. The Kier molecular flexibility index (Phi) is 5.16. The van der Waals surface area contributed by atoms with Crippen molar-refractivity contribution in [1.29, 1.82) is 0 Å². The third-order valence-corrected chi connectivity index (χ3v) is 8.65. The number of allylic oxidation sites excluding steroid dienone is 1. The highest BCUT2D eigenvalue weighted by Crippen LogP contribution is 2.61. The summed E-state index contributed by atoms with van der Waals surface area (Å²) in [5.41, 5.74) is 1.80. The zero-order valence-corrected chi connectivity index (χ0v) is 18.7. The minimum absolute atomic E-state index is 0.494. The van der Waals surface area contributed by atoms with Crippen molar-refractivity contribution in [2.75, 3.05) is 0 Å². The fourth-order valence-corrected chi connectivity index (χ4v) is 7.63. The molecular weight excluding hydrogens is 430 g/mol. The summed E-state index contributed by atoms with van der Waals surface area (Å²) in [6.07, 6.45) is 11.8. The van der Waals surface area contributed by atoms with E-state index in [-0.39, 0.29) is 0 Å². The van der Waals surface area contributed by atoms with Crippen LogP contribution < -0.4 is 0 Å². The van der Waals surface area contributed by atoms with Crippen molar-refractivity contribution < 1.29 is 0 Å². The summed E-state index contributed by atoms with van der Waals surface area (Å²) in [5.74, 6) is 5.04. The van der Waals surface area contributed by atoms with E-state index >= 15 is 0 Å². The van der Waals surface area contributed by atoms with Crippen LogP contribution in [0.25, 0.3) is 0 Å². The summed E-state index contributed by atoms with van der Waals surface area (Å²) in [6, 6.07) is 8.54. The number of hydrogen-bond donors (Lipinski definition) is 0. The highest BCUT2D eigenvalue weighted by molar-refractivity contribution is 9.10. The van der Waals surface area contributed by atoms with Gasteiger partial charge >= 0.3 is 0 Å². The summed E-state index contributed by atoms with van der Waals surface area (Å²) in [7, 11) is 0. The minimum atomic E-state index is 0.494. The molecule has 0 unspecified atom stereocenters. The highest BCUT2D eigenvalue weighted by atomic mass is 79.9. The zero-order valence-electron chi connectivity index (χ0n) is 16.3. The fraction of sp³-hybridized carbons (Fsp3) is 0.565. The average Bonchev–Trinajstić information content (AvgIpc) is 3.01. The number of benzene rings is 1. The van der Waals surface area contributed by atoms with Crippen molar-refractivity contribution >= 4 is 27.7 Å². The number of thioether (sulfide) groups is 1. The number of nitrogens with zero attached hydrogens (tertiary/aromatic N) is 3. The van der Waals surface area contributed by atoms with Crippen LogP contribution >= 0.6 is 27.7 Å². The van der Waals surface area contributed by atoms with Crippen LogP contribution in [0.3, 0.4) is 0 Å². The Balaban J connectivity index is 1.34. The number of hydrogen-bond acceptors (Lipinski definition) is 3. The normalized spacial score (nSPS) is 30.7. The second-order valence-corrected chi connectivity index (χ2v) is 11.2. The number of halogens is 1. The Morgan fingerprint density at radius 3 is 2.32 bits per heavy atom. The Bertz CT molecular complexity index is 822. The molecule has 0 aliphatic heterocycles. The van der Waals surface area contributed by atoms with Crippen molar-refractivity contribution in [3.63, 3.8) is 0 Å². The lowest BCUT2D eigenvalue weighted by Crippen LogP contribution is -2.47. The van der Waals surface area contributed by atoms with Crippen LogP contribution in [0.1, 0.15) is 49.9 Å². The SMILES string of the molecule is C=CCn1c(CC23CC4CC(CC(C4)C2)C3)nnc1SCc1ccc(Br)cc1. The van der Waals surface area contributed by atoms with Gasteiger partial charge in [-0.05, 0) is 79.4 Å². The van der Waals surface area contributed by atoms with Gasteiger partial charge in [-0.15, -0.1) is 16.8 Å². The van der Waals surface area contributed by atoms with Gasteiger partial charge in [0, 0.05) is 23.2 Å². The van der Waals surface area contributed by atoms with E-state index in [1.54, 1.807) is 11.8 Å². The summed E-state index contributed by atoms with van der Waals surface area (Å²) in [6.45, 7) is 4.78. The van der Waals surface area contributed by atoms with Crippen LogP contribution in [0, 0.1) is 23.2 Å². The first kappa shape index (κ1) is 18.9. The minimum Gasteiger partial charge on any atom is -0.302 e. The molecule has 4 aliphatic rings. The molecule has 2 aromatic rings. The van der Waals surface area contributed by atoms with E-state index in [1.165, 1.54) is 49.9 Å². The average molecular weight is 458 g/mol. The Labute approximate surface area is 180 Å². The lowest BCUT2D eigenvalue weighted by molar-refractivity contribution is -0.0535. The molecule has 0 N–H and O–H groups in total. The number of aromatic nitrogens is 3. The first-order chi connectivity index (χ1) is 13.6. The molecule has 0 spiro atoms. The van der Waals surface area contributed by atoms with E-state index < -0.39 is 0 Å². The van der Waals surface area contributed by atoms with E-state index in [9.17, 15) is 0 Å². The first-order valence-corrected chi connectivity index (χ1v) is 12.3. The van der Waals surface area contributed by atoms with Crippen molar-refractivity contribution in [2.45, 2.75) is 62.4 Å². The van der Waals surface area contributed by atoms with Gasteiger partial charge in [-0.2, -0.15) is 0 Å². The molecule has 3 nitrogen and oxygen atoms in total. The topological polar surface area (TPSA) is 30.7 Å². The van der Waals surface area contributed by atoms with Crippen LogP contribution in [0.2, 0.25) is 0 Å². The molecule has 1 heterocycles. The van der Waals surface area contributed by atoms with Crippen molar-refractivity contribution in [3.05, 3.63) is 52.8 Å². The van der Waals surface area contributed by atoms with Gasteiger partial charge in [0.2, 0.25) is 0 Å². The van der Waals surface area contributed by atoms with E-state index in [0.29, 0.717) is 5.41 Å². The molecule has 4 bridgehead atoms.